The molecular formula is C21H24N4O5S. The van der Waals surface area contributed by atoms with Crippen LogP contribution in [0.2, 0.25) is 0 Å². The number of carboxylic acid groups (broad SMARTS) is 1. The Morgan fingerprint density at radius 2 is 1.77 bits per heavy atom. The molecule has 1 heterocycles. The predicted molar refractivity (Wildman–Crippen MR) is 120 cm³/mol. The molecule has 0 unspecified atom stereocenters. The molecule has 31 heavy (non-hydrogen) atoms. The Labute approximate surface area is 183 Å². The highest BCUT2D eigenvalue weighted by Gasteiger charge is 2.24. The molecule has 0 radical (unpaired) electrons. The van der Waals surface area contributed by atoms with Gasteiger partial charge in [0.25, 0.3) is 0 Å². The van der Waals surface area contributed by atoms with Crippen molar-refractivity contribution in [2.45, 2.75) is 26.4 Å². The summed E-state index contributed by atoms with van der Waals surface area (Å²) in [7, 11) is 0. The molecule has 164 valence electrons. The number of nitrogen functional groups attached to an aromatic ring is 1. The summed E-state index contributed by atoms with van der Waals surface area (Å²) in [6.45, 7) is 4.76. The highest BCUT2D eigenvalue weighted by molar-refractivity contribution is 7.22. The van der Waals surface area contributed by atoms with Crippen LogP contribution >= 0.6 is 11.3 Å². The van der Waals surface area contributed by atoms with E-state index in [-0.39, 0.29) is 0 Å². The number of benzene rings is 2. The van der Waals surface area contributed by atoms with Crippen LogP contribution in [0.15, 0.2) is 48.5 Å². The zero-order chi connectivity index (χ0) is 23.2. The second-order valence-corrected chi connectivity index (χ2v) is 8.46. The van der Waals surface area contributed by atoms with E-state index < -0.39 is 30.1 Å². The van der Waals surface area contributed by atoms with E-state index in [0.29, 0.717) is 16.4 Å². The van der Waals surface area contributed by atoms with Crippen LogP contribution in [0.25, 0.3) is 10.2 Å². The van der Waals surface area contributed by atoms with E-state index in [0.717, 1.165) is 15.1 Å². The van der Waals surface area contributed by atoms with Gasteiger partial charge < -0.3 is 21.3 Å². The van der Waals surface area contributed by atoms with Crippen LogP contribution in [0, 0.1) is 0 Å². The van der Waals surface area contributed by atoms with Crippen LogP contribution in [0.3, 0.4) is 0 Å². The fourth-order valence-electron chi connectivity index (χ4n) is 2.42. The molecule has 10 heteroatoms. The third kappa shape index (κ3) is 7.27. The number of rotatable bonds is 4. The van der Waals surface area contributed by atoms with Crippen LogP contribution in [-0.4, -0.2) is 40.2 Å². The molecule has 1 aromatic heterocycles. The van der Waals surface area contributed by atoms with Crippen molar-refractivity contribution in [2.75, 3.05) is 17.2 Å². The number of carboxylic acids is 1. The number of carbonyl (C=O) groups is 3. The lowest BCUT2D eigenvalue weighted by Gasteiger charge is -2.26. The Hall–Kier alpha value is -3.66. The average molecular weight is 445 g/mol. The first kappa shape index (κ1) is 23.6. The van der Waals surface area contributed by atoms with Gasteiger partial charge in [-0.3, -0.25) is 14.5 Å². The lowest BCUT2D eigenvalue weighted by Crippen LogP contribution is -2.39. The maximum absolute atomic E-state index is 11.9. The number of hydrogen-bond donors (Lipinski definition) is 3. The smallest absolute Gasteiger partial charge is 0.415 e. The molecule has 0 saturated carbocycles. The monoisotopic (exact) mass is 444 g/mol. The van der Waals surface area contributed by atoms with Crippen LogP contribution in [0.1, 0.15) is 31.1 Å². The number of nitrogens with two attached hydrogens (primary N) is 2. The summed E-state index contributed by atoms with van der Waals surface area (Å²) < 4.78 is 6.14. The third-order valence-electron chi connectivity index (χ3n) is 3.66. The van der Waals surface area contributed by atoms with Gasteiger partial charge in [0.1, 0.15) is 12.1 Å². The van der Waals surface area contributed by atoms with Crippen molar-refractivity contribution in [1.82, 2.24) is 4.98 Å². The molecular weight excluding hydrogens is 420 g/mol. The summed E-state index contributed by atoms with van der Waals surface area (Å²) in [6, 6.07) is 13.7. The van der Waals surface area contributed by atoms with Gasteiger partial charge in [-0.2, -0.15) is 0 Å². The summed E-state index contributed by atoms with van der Waals surface area (Å²) in [5, 5.41) is 9.34. The van der Waals surface area contributed by atoms with Gasteiger partial charge in [-0.05, 0) is 51.1 Å². The first-order chi connectivity index (χ1) is 14.5. The van der Waals surface area contributed by atoms with Gasteiger partial charge in [0.15, 0.2) is 5.13 Å². The van der Waals surface area contributed by atoms with E-state index >= 15 is 0 Å². The topological polar surface area (TPSA) is 149 Å². The van der Waals surface area contributed by atoms with Crippen molar-refractivity contribution in [1.29, 1.82) is 0 Å². The van der Waals surface area contributed by atoms with E-state index in [1.165, 1.54) is 11.3 Å². The predicted octanol–water partition coefficient (Wildman–Crippen LogP) is 3.49. The number of hydrogen-bond acceptors (Lipinski definition) is 7. The molecule has 0 spiro atoms. The van der Waals surface area contributed by atoms with Crippen LogP contribution < -0.4 is 16.4 Å². The second kappa shape index (κ2) is 9.90. The maximum atomic E-state index is 11.9. The maximum Gasteiger partial charge on any atom is 0.415 e. The molecule has 3 aromatic rings. The van der Waals surface area contributed by atoms with Gasteiger partial charge in [0.05, 0.1) is 10.2 Å². The zero-order valence-electron chi connectivity index (χ0n) is 17.4. The van der Waals surface area contributed by atoms with Gasteiger partial charge in [-0.15, -0.1) is 0 Å². The Kier molecular flexibility index (Phi) is 7.54. The van der Waals surface area contributed by atoms with Crippen molar-refractivity contribution >= 4 is 50.3 Å². The van der Waals surface area contributed by atoms with Crippen molar-refractivity contribution in [2.24, 2.45) is 5.73 Å². The summed E-state index contributed by atoms with van der Waals surface area (Å²) in [5.74, 6) is -1.54. The minimum Gasteiger partial charge on any atom is -0.480 e. The first-order valence-corrected chi connectivity index (χ1v) is 10.0. The lowest BCUT2D eigenvalue weighted by molar-refractivity contribution is -0.135. The van der Waals surface area contributed by atoms with E-state index in [4.69, 9.17) is 21.3 Å². The summed E-state index contributed by atoms with van der Waals surface area (Å²) in [5.41, 5.74) is 11.6. The highest BCUT2D eigenvalue weighted by Crippen LogP contribution is 2.24. The number of anilines is 2. The third-order valence-corrected chi connectivity index (χ3v) is 4.53. The molecule has 0 saturated heterocycles. The number of aliphatic carboxylic acids is 1. The van der Waals surface area contributed by atoms with Crippen molar-refractivity contribution < 1.29 is 24.2 Å². The number of primary amides is 1. The second-order valence-electron chi connectivity index (χ2n) is 7.39. The SMILES string of the molecule is CC(C)(C)OC(=O)N(CC(=O)O)c1ccccc1.NC(=O)c1ccc2sc(N)nc2c1. The zero-order valence-corrected chi connectivity index (χ0v) is 18.2. The number of nitrogens with zero attached hydrogens (tertiary/aromatic N) is 2. The van der Waals surface area contributed by atoms with Crippen molar-refractivity contribution in [3.05, 3.63) is 54.1 Å². The van der Waals surface area contributed by atoms with Gasteiger partial charge in [0.2, 0.25) is 5.91 Å². The summed E-state index contributed by atoms with van der Waals surface area (Å²) >= 11 is 1.39. The van der Waals surface area contributed by atoms with Crippen LogP contribution in [0.5, 0.6) is 0 Å². The Balaban J connectivity index is 0.000000231. The number of ether oxygens (including phenoxy) is 1. The van der Waals surface area contributed by atoms with E-state index in [1.54, 1.807) is 69.3 Å². The highest BCUT2D eigenvalue weighted by atomic mass is 32.1. The quantitative estimate of drug-likeness (QED) is 0.557. The molecule has 0 aliphatic rings. The minimum atomic E-state index is -1.09. The Bertz CT molecular complexity index is 1080. The number of fused-ring (bicyclic) bond motifs is 1. The standard InChI is InChI=1S/C13H17NO4.C8H7N3OS/c1-13(2,3)18-12(17)14(9-11(15)16)10-7-5-4-6-8-10;9-7(12)4-1-2-6-5(3-4)11-8(10)13-6/h4-8H,9H2,1-3H3,(H,15,16);1-3H,(H2,9,12)(H2,10,11). The number of amides is 2. The molecule has 0 fully saturated rings. The Morgan fingerprint density at radius 1 is 1.13 bits per heavy atom. The Morgan fingerprint density at radius 3 is 2.32 bits per heavy atom. The van der Waals surface area contributed by atoms with Gasteiger partial charge in [-0.1, -0.05) is 29.5 Å². The van der Waals surface area contributed by atoms with E-state index in [2.05, 4.69) is 4.98 Å². The first-order valence-electron chi connectivity index (χ1n) is 9.19. The molecule has 3 rings (SSSR count). The summed E-state index contributed by atoms with van der Waals surface area (Å²) in [4.78, 5) is 38.7. The van der Waals surface area contributed by atoms with Crippen LogP contribution in [-0.2, 0) is 9.53 Å². The molecule has 2 aromatic carbocycles. The van der Waals surface area contributed by atoms with Crippen molar-refractivity contribution in [3.63, 3.8) is 0 Å². The van der Waals surface area contributed by atoms with Gasteiger partial charge >= 0.3 is 12.1 Å². The van der Waals surface area contributed by atoms with Crippen LogP contribution in [0.4, 0.5) is 15.6 Å². The lowest BCUT2D eigenvalue weighted by atomic mass is 10.2. The molecule has 0 aliphatic heterocycles. The fraction of sp³-hybridized carbons (Fsp3) is 0.238. The molecule has 2 amide bonds. The number of aromatic nitrogens is 1. The summed E-state index contributed by atoms with van der Waals surface area (Å²) in [6.07, 6.45) is -0.670. The fourth-order valence-corrected chi connectivity index (χ4v) is 3.13. The van der Waals surface area contributed by atoms with E-state index in [1.807, 2.05) is 0 Å². The average Bonchev–Trinajstić information content (AvgIpc) is 3.05. The minimum absolute atomic E-state index is 0.432. The van der Waals surface area contributed by atoms with E-state index in [9.17, 15) is 14.4 Å². The molecule has 0 bridgehead atoms. The number of carbonyl (C=O) groups excluding carboxylic acids is 2. The molecule has 9 nitrogen and oxygen atoms in total. The molecule has 5 N–H and O–H groups in total. The largest absolute Gasteiger partial charge is 0.480 e. The molecule has 0 aliphatic carbocycles. The normalized spacial score (nSPS) is 10.7. The van der Waals surface area contributed by atoms with Gasteiger partial charge in [-0.25, -0.2) is 9.78 Å². The van der Waals surface area contributed by atoms with Crippen molar-refractivity contribution in [3.8, 4) is 0 Å². The number of para-hydroxylation sites is 1. The number of thiazole rings is 1. The van der Waals surface area contributed by atoms with Gasteiger partial charge in [0, 0.05) is 11.3 Å². The molecule has 0 atom stereocenters.